The van der Waals surface area contributed by atoms with Gasteiger partial charge in [-0.05, 0) is 87.0 Å². The lowest BCUT2D eigenvalue weighted by Crippen LogP contribution is -2.59. The molecule has 0 saturated heterocycles. The molecule has 4 bridgehead atoms. The van der Waals surface area contributed by atoms with E-state index < -0.39 is 0 Å². The fourth-order valence-electron chi connectivity index (χ4n) is 5.58. The maximum absolute atomic E-state index is 12.4. The molecule has 0 atom stereocenters. The smallest absolute Gasteiger partial charge is 0.220 e. The lowest BCUT2D eigenvalue weighted by molar-refractivity contribution is -0.127. The first-order valence-corrected chi connectivity index (χ1v) is 9.67. The van der Waals surface area contributed by atoms with Gasteiger partial charge in [0.2, 0.25) is 5.91 Å². The zero-order valence-corrected chi connectivity index (χ0v) is 14.9. The van der Waals surface area contributed by atoms with Crippen LogP contribution in [0.2, 0.25) is 5.02 Å². The molecule has 4 heteroatoms. The first-order chi connectivity index (χ1) is 11.6. The number of hydrogen-bond acceptors (Lipinski definition) is 2. The van der Waals surface area contributed by atoms with Crippen LogP contribution in [-0.2, 0) is 4.79 Å². The fraction of sp³-hybridized carbons (Fsp3) is 0.650. The van der Waals surface area contributed by atoms with E-state index in [0.29, 0.717) is 18.1 Å². The van der Waals surface area contributed by atoms with Gasteiger partial charge in [-0.25, -0.2) is 0 Å². The van der Waals surface area contributed by atoms with E-state index in [1.165, 1.54) is 38.5 Å². The van der Waals surface area contributed by atoms with E-state index in [1.807, 2.05) is 24.3 Å². The van der Waals surface area contributed by atoms with Gasteiger partial charge in [-0.1, -0.05) is 11.6 Å². The normalized spacial score (nSPS) is 33.5. The minimum absolute atomic E-state index is 0.128. The number of carbonyl (C=O) groups is 1. The molecule has 4 fully saturated rings. The second kappa shape index (κ2) is 6.59. The number of benzene rings is 1. The summed E-state index contributed by atoms with van der Waals surface area (Å²) in [6.45, 7) is 0.565. The molecule has 5 rings (SSSR count). The van der Waals surface area contributed by atoms with Crippen LogP contribution < -0.4 is 10.1 Å². The number of amides is 1. The fourth-order valence-corrected chi connectivity index (χ4v) is 5.70. The van der Waals surface area contributed by atoms with Crippen molar-refractivity contribution in [2.24, 2.45) is 17.8 Å². The Morgan fingerprint density at radius 3 is 2.25 bits per heavy atom. The minimum Gasteiger partial charge on any atom is -0.494 e. The number of halogens is 1. The monoisotopic (exact) mass is 347 g/mol. The third kappa shape index (κ3) is 3.56. The Kier molecular flexibility index (Phi) is 4.46. The van der Waals surface area contributed by atoms with Crippen molar-refractivity contribution in [3.8, 4) is 5.75 Å². The molecule has 0 heterocycles. The van der Waals surface area contributed by atoms with Gasteiger partial charge in [0.15, 0.2) is 0 Å². The third-order valence-electron chi connectivity index (χ3n) is 6.07. The molecule has 1 aromatic carbocycles. The standard InChI is InChI=1S/C20H26ClNO2/c21-17-3-5-18(6-4-17)24-7-1-2-19(23)22-20-11-14-8-15(12-20)10-16(9-14)13-20/h3-6,14-16H,1-2,7-13H2,(H,22,23). The van der Waals surface area contributed by atoms with Crippen LogP contribution in [0.3, 0.4) is 0 Å². The van der Waals surface area contributed by atoms with E-state index in [1.54, 1.807) is 0 Å². The highest BCUT2D eigenvalue weighted by Crippen LogP contribution is 2.55. The molecule has 0 spiro atoms. The Morgan fingerprint density at radius 2 is 1.67 bits per heavy atom. The Labute approximate surface area is 149 Å². The molecule has 4 aliphatic carbocycles. The van der Waals surface area contributed by atoms with Crippen molar-refractivity contribution in [1.29, 1.82) is 0 Å². The summed E-state index contributed by atoms with van der Waals surface area (Å²) in [5, 5.41) is 4.12. The van der Waals surface area contributed by atoms with Gasteiger partial charge >= 0.3 is 0 Å². The molecule has 1 N–H and O–H groups in total. The molecular weight excluding hydrogens is 322 g/mol. The van der Waals surface area contributed by atoms with Crippen molar-refractivity contribution in [1.82, 2.24) is 5.32 Å². The van der Waals surface area contributed by atoms with E-state index in [0.717, 1.165) is 29.9 Å². The van der Waals surface area contributed by atoms with Gasteiger partial charge in [0.05, 0.1) is 6.61 Å². The van der Waals surface area contributed by atoms with E-state index >= 15 is 0 Å². The van der Waals surface area contributed by atoms with Crippen molar-refractivity contribution in [2.45, 2.75) is 56.9 Å². The van der Waals surface area contributed by atoms with Crippen LogP contribution in [0.1, 0.15) is 51.4 Å². The highest BCUT2D eigenvalue weighted by molar-refractivity contribution is 6.30. The van der Waals surface area contributed by atoms with Gasteiger partial charge in [0, 0.05) is 17.0 Å². The molecule has 1 amide bonds. The maximum atomic E-state index is 12.4. The Morgan fingerprint density at radius 1 is 1.08 bits per heavy atom. The Bertz CT molecular complexity index is 563. The summed E-state index contributed by atoms with van der Waals surface area (Å²) in [6.07, 6.45) is 9.17. The summed E-state index contributed by atoms with van der Waals surface area (Å²) in [5.74, 6) is 3.61. The number of carbonyl (C=O) groups excluding carboxylic acids is 1. The lowest BCUT2D eigenvalue weighted by atomic mass is 9.53. The van der Waals surface area contributed by atoms with E-state index in [2.05, 4.69) is 5.32 Å². The van der Waals surface area contributed by atoms with E-state index in [-0.39, 0.29) is 11.4 Å². The van der Waals surface area contributed by atoms with E-state index in [4.69, 9.17) is 16.3 Å². The quantitative estimate of drug-likeness (QED) is 0.765. The molecule has 4 aliphatic rings. The van der Waals surface area contributed by atoms with Gasteiger partial charge in [-0.2, -0.15) is 0 Å². The average Bonchev–Trinajstić information content (AvgIpc) is 2.51. The zero-order chi connectivity index (χ0) is 16.6. The molecule has 0 aliphatic heterocycles. The van der Waals surface area contributed by atoms with Crippen LogP contribution in [0.5, 0.6) is 5.75 Å². The van der Waals surface area contributed by atoms with Crippen molar-refractivity contribution in [3.05, 3.63) is 29.3 Å². The molecule has 3 nitrogen and oxygen atoms in total. The molecule has 0 radical (unpaired) electrons. The first-order valence-electron chi connectivity index (χ1n) is 9.30. The topological polar surface area (TPSA) is 38.3 Å². The van der Waals surface area contributed by atoms with Crippen LogP contribution in [0.4, 0.5) is 0 Å². The average molecular weight is 348 g/mol. The predicted octanol–water partition coefficient (Wildman–Crippen LogP) is 4.58. The number of rotatable bonds is 6. The molecule has 0 unspecified atom stereocenters. The van der Waals surface area contributed by atoms with Gasteiger partial charge in [-0.3, -0.25) is 4.79 Å². The maximum Gasteiger partial charge on any atom is 0.220 e. The van der Waals surface area contributed by atoms with Gasteiger partial charge in [0.25, 0.3) is 0 Å². The van der Waals surface area contributed by atoms with Crippen LogP contribution >= 0.6 is 11.6 Å². The van der Waals surface area contributed by atoms with Gasteiger partial charge in [0.1, 0.15) is 5.75 Å². The number of hydrogen-bond donors (Lipinski definition) is 1. The van der Waals surface area contributed by atoms with Crippen molar-refractivity contribution in [2.75, 3.05) is 6.61 Å². The van der Waals surface area contributed by atoms with Gasteiger partial charge < -0.3 is 10.1 Å². The van der Waals surface area contributed by atoms with Crippen molar-refractivity contribution >= 4 is 17.5 Å². The summed E-state index contributed by atoms with van der Waals surface area (Å²) >= 11 is 5.85. The summed E-state index contributed by atoms with van der Waals surface area (Å²) in [5.41, 5.74) is 0.128. The number of nitrogens with one attached hydrogen (secondary N) is 1. The largest absolute Gasteiger partial charge is 0.494 e. The van der Waals surface area contributed by atoms with Crippen LogP contribution in [0.25, 0.3) is 0 Å². The highest BCUT2D eigenvalue weighted by atomic mass is 35.5. The van der Waals surface area contributed by atoms with Crippen LogP contribution in [-0.4, -0.2) is 18.1 Å². The molecule has 4 saturated carbocycles. The van der Waals surface area contributed by atoms with Crippen molar-refractivity contribution in [3.63, 3.8) is 0 Å². The molecule has 1 aromatic rings. The molecule has 130 valence electrons. The SMILES string of the molecule is O=C(CCCOc1ccc(Cl)cc1)NC12CC3CC(CC(C3)C1)C2. The summed E-state index contributed by atoms with van der Waals surface area (Å²) in [6, 6.07) is 7.35. The Balaban J connectivity index is 1.22. The number of ether oxygens (including phenoxy) is 1. The minimum atomic E-state index is 0.128. The molecule has 0 aromatic heterocycles. The first kappa shape index (κ1) is 16.3. The van der Waals surface area contributed by atoms with Gasteiger partial charge in [-0.15, -0.1) is 0 Å². The van der Waals surface area contributed by atoms with Crippen molar-refractivity contribution < 1.29 is 9.53 Å². The predicted molar refractivity (Wildman–Crippen MR) is 95.2 cm³/mol. The van der Waals surface area contributed by atoms with E-state index in [9.17, 15) is 4.79 Å². The van der Waals surface area contributed by atoms with Crippen LogP contribution in [0.15, 0.2) is 24.3 Å². The zero-order valence-electron chi connectivity index (χ0n) is 14.1. The second-order valence-corrected chi connectivity index (χ2v) is 8.59. The summed E-state index contributed by atoms with van der Waals surface area (Å²) < 4.78 is 5.67. The second-order valence-electron chi connectivity index (χ2n) is 8.15. The summed E-state index contributed by atoms with van der Waals surface area (Å²) in [7, 11) is 0. The van der Waals surface area contributed by atoms with Crippen LogP contribution in [0, 0.1) is 17.8 Å². The molecule has 24 heavy (non-hydrogen) atoms. The summed E-state index contributed by atoms with van der Waals surface area (Å²) in [4.78, 5) is 12.4. The molecular formula is C20H26ClNO2. The highest BCUT2D eigenvalue weighted by Gasteiger charge is 2.51. The third-order valence-corrected chi connectivity index (χ3v) is 6.33. The lowest BCUT2D eigenvalue weighted by Gasteiger charge is -2.56. The Hall–Kier alpha value is -1.22.